The molecule has 2 rings (SSSR count). The van der Waals surface area contributed by atoms with Gasteiger partial charge in [-0.1, -0.05) is 25.3 Å². The standard InChI is InChI=1S/C15H19BrN2O3/c16-11-6-4-5-10(13(19)20)12(11)18-14(21)15(9-17)7-2-1-3-8-15/h4-6H,1-3,7-9,17H2,(H,18,21)(H,19,20). The van der Waals surface area contributed by atoms with E-state index in [4.69, 9.17) is 5.73 Å². The van der Waals surface area contributed by atoms with Gasteiger partial charge in [0.2, 0.25) is 5.91 Å². The van der Waals surface area contributed by atoms with Gasteiger partial charge in [-0.2, -0.15) is 0 Å². The largest absolute Gasteiger partial charge is 0.478 e. The number of carboxylic acid groups (broad SMARTS) is 1. The fraction of sp³-hybridized carbons (Fsp3) is 0.467. The molecule has 1 aromatic rings. The Morgan fingerprint density at radius 3 is 2.52 bits per heavy atom. The number of carbonyl (C=O) groups is 2. The zero-order valence-electron chi connectivity index (χ0n) is 11.7. The zero-order chi connectivity index (χ0) is 15.5. The molecule has 0 radical (unpaired) electrons. The molecule has 6 heteroatoms. The van der Waals surface area contributed by atoms with Crippen molar-refractivity contribution in [1.29, 1.82) is 0 Å². The lowest BCUT2D eigenvalue weighted by molar-refractivity contribution is -0.126. The van der Waals surface area contributed by atoms with Crippen LogP contribution < -0.4 is 11.1 Å². The fourth-order valence-corrected chi connectivity index (χ4v) is 3.29. The summed E-state index contributed by atoms with van der Waals surface area (Å²) in [6.07, 6.45) is 4.58. The van der Waals surface area contributed by atoms with Crippen LogP contribution in [0.25, 0.3) is 0 Å². The third-order valence-corrected chi connectivity index (χ3v) is 4.83. The lowest BCUT2D eigenvalue weighted by atomic mass is 9.73. The minimum atomic E-state index is -1.07. The molecule has 1 aromatic carbocycles. The Morgan fingerprint density at radius 2 is 1.95 bits per heavy atom. The van der Waals surface area contributed by atoms with Crippen LogP contribution >= 0.6 is 15.9 Å². The van der Waals surface area contributed by atoms with Crippen LogP contribution in [0.15, 0.2) is 22.7 Å². The van der Waals surface area contributed by atoms with E-state index in [9.17, 15) is 14.7 Å². The highest BCUT2D eigenvalue weighted by Gasteiger charge is 2.38. The van der Waals surface area contributed by atoms with E-state index in [2.05, 4.69) is 21.2 Å². The van der Waals surface area contributed by atoms with Crippen molar-refractivity contribution in [2.24, 2.45) is 11.1 Å². The Bertz CT molecular complexity index is 554. The van der Waals surface area contributed by atoms with Crippen molar-refractivity contribution in [2.75, 3.05) is 11.9 Å². The molecule has 0 bridgehead atoms. The van der Waals surface area contributed by atoms with E-state index in [1.54, 1.807) is 12.1 Å². The third kappa shape index (κ3) is 3.27. The van der Waals surface area contributed by atoms with Gasteiger partial charge in [0.1, 0.15) is 0 Å². The Balaban J connectivity index is 2.29. The Labute approximate surface area is 132 Å². The predicted octanol–water partition coefficient (Wildman–Crippen LogP) is 3.00. The van der Waals surface area contributed by atoms with Crippen molar-refractivity contribution < 1.29 is 14.7 Å². The van der Waals surface area contributed by atoms with Gasteiger partial charge in [0, 0.05) is 11.0 Å². The molecule has 0 atom stereocenters. The molecule has 0 unspecified atom stereocenters. The Morgan fingerprint density at radius 1 is 1.29 bits per heavy atom. The molecular formula is C15H19BrN2O3. The molecule has 21 heavy (non-hydrogen) atoms. The molecule has 5 nitrogen and oxygen atoms in total. The first kappa shape index (κ1) is 16.0. The molecule has 0 saturated heterocycles. The summed E-state index contributed by atoms with van der Waals surface area (Å²) in [5.74, 6) is -1.25. The average Bonchev–Trinajstić information content (AvgIpc) is 2.49. The summed E-state index contributed by atoms with van der Waals surface area (Å²) in [6, 6.07) is 4.80. The number of carbonyl (C=O) groups excluding carboxylic acids is 1. The summed E-state index contributed by atoms with van der Waals surface area (Å²) in [6.45, 7) is 0.283. The minimum absolute atomic E-state index is 0.0701. The highest BCUT2D eigenvalue weighted by molar-refractivity contribution is 9.10. The number of benzene rings is 1. The van der Waals surface area contributed by atoms with Crippen molar-refractivity contribution in [3.05, 3.63) is 28.2 Å². The number of hydrogen-bond donors (Lipinski definition) is 3. The Hall–Kier alpha value is -1.40. The normalized spacial score (nSPS) is 17.2. The number of amides is 1. The number of nitrogens with one attached hydrogen (secondary N) is 1. The van der Waals surface area contributed by atoms with Crippen LogP contribution in [0.1, 0.15) is 42.5 Å². The van der Waals surface area contributed by atoms with Crippen molar-refractivity contribution in [3.8, 4) is 0 Å². The van der Waals surface area contributed by atoms with E-state index in [1.807, 2.05) is 0 Å². The van der Waals surface area contributed by atoms with E-state index < -0.39 is 11.4 Å². The molecule has 0 spiro atoms. The van der Waals surface area contributed by atoms with Gasteiger partial charge in [-0.15, -0.1) is 0 Å². The van der Waals surface area contributed by atoms with Gasteiger partial charge in [-0.25, -0.2) is 4.79 Å². The average molecular weight is 355 g/mol. The van der Waals surface area contributed by atoms with Gasteiger partial charge in [0.15, 0.2) is 0 Å². The number of carboxylic acids is 1. The van der Waals surface area contributed by atoms with E-state index in [0.717, 1.165) is 32.1 Å². The number of rotatable bonds is 4. The van der Waals surface area contributed by atoms with E-state index in [0.29, 0.717) is 10.2 Å². The summed E-state index contributed by atoms with van der Waals surface area (Å²) in [4.78, 5) is 23.9. The highest BCUT2D eigenvalue weighted by atomic mass is 79.9. The number of aromatic carboxylic acids is 1. The van der Waals surface area contributed by atoms with Gasteiger partial charge in [-0.3, -0.25) is 4.79 Å². The van der Waals surface area contributed by atoms with Crippen LogP contribution in [0.4, 0.5) is 5.69 Å². The van der Waals surface area contributed by atoms with Gasteiger partial charge in [0.05, 0.1) is 16.7 Å². The molecule has 0 aliphatic heterocycles. The van der Waals surface area contributed by atoms with Crippen molar-refractivity contribution in [2.45, 2.75) is 32.1 Å². The first-order valence-corrected chi connectivity index (χ1v) is 7.83. The third-order valence-electron chi connectivity index (χ3n) is 4.17. The second-order valence-electron chi connectivity index (χ2n) is 5.47. The molecule has 1 fully saturated rings. The topological polar surface area (TPSA) is 92.4 Å². The second kappa shape index (κ2) is 6.58. The van der Waals surface area contributed by atoms with Gasteiger partial charge in [-0.05, 0) is 40.9 Å². The van der Waals surface area contributed by atoms with E-state index in [-0.39, 0.29) is 18.0 Å². The van der Waals surface area contributed by atoms with Gasteiger partial charge < -0.3 is 16.2 Å². The van der Waals surface area contributed by atoms with E-state index in [1.165, 1.54) is 6.07 Å². The number of nitrogens with two attached hydrogens (primary N) is 1. The summed E-state index contributed by atoms with van der Waals surface area (Å²) >= 11 is 3.30. The predicted molar refractivity (Wildman–Crippen MR) is 84.3 cm³/mol. The monoisotopic (exact) mass is 354 g/mol. The zero-order valence-corrected chi connectivity index (χ0v) is 13.3. The maximum atomic E-state index is 12.6. The molecule has 1 aliphatic rings. The van der Waals surface area contributed by atoms with E-state index >= 15 is 0 Å². The van der Waals surface area contributed by atoms with Crippen LogP contribution in [0.2, 0.25) is 0 Å². The smallest absolute Gasteiger partial charge is 0.337 e. The SMILES string of the molecule is NCC1(C(=O)Nc2c(Br)cccc2C(=O)O)CCCCC1. The molecule has 1 aliphatic carbocycles. The van der Waals surface area contributed by atoms with Crippen molar-refractivity contribution >= 4 is 33.5 Å². The maximum Gasteiger partial charge on any atom is 0.337 e. The molecule has 114 valence electrons. The van der Waals surface area contributed by atoms with Crippen LogP contribution in [0.3, 0.4) is 0 Å². The molecule has 0 aromatic heterocycles. The number of hydrogen-bond acceptors (Lipinski definition) is 3. The molecule has 1 amide bonds. The maximum absolute atomic E-state index is 12.6. The fourth-order valence-electron chi connectivity index (χ4n) is 2.83. The molecule has 4 N–H and O–H groups in total. The summed E-state index contributed by atoms with van der Waals surface area (Å²) in [5.41, 5.74) is 5.63. The summed E-state index contributed by atoms with van der Waals surface area (Å²) < 4.78 is 0.554. The van der Waals surface area contributed by atoms with Gasteiger partial charge in [0.25, 0.3) is 0 Å². The van der Waals surface area contributed by atoms with Crippen LogP contribution in [-0.2, 0) is 4.79 Å². The number of anilines is 1. The summed E-state index contributed by atoms with van der Waals surface area (Å²) in [7, 11) is 0. The molecular weight excluding hydrogens is 336 g/mol. The lowest BCUT2D eigenvalue weighted by Gasteiger charge is -2.34. The number of para-hydroxylation sites is 1. The summed E-state index contributed by atoms with van der Waals surface area (Å²) in [5, 5.41) is 12.0. The van der Waals surface area contributed by atoms with Crippen LogP contribution in [-0.4, -0.2) is 23.5 Å². The van der Waals surface area contributed by atoms with Crippen molar-refractivity contribution in [1.82, 2.24) is 0 Å². The molecule has 1 saturated carbocycles. The van der Waals surface area contributed by atoms with Crippen LogP contribution in [0, 0.1) is 5.41 Å². The Kier molecular flexibility index (Phi) is 5.00. The number of halogens is 1. The first-order chi connectivity index (χ1) is 10.00. The van der Waals surface area contributed by atoms with Crippen LogP contribution in [0.5, 0.6) is 0 Å². The first-order valence-electron chi connectivity index (χ1n) is 7.03. The van der Waals surface area contributed by atoms with Crippen molar-refractivity contribution in [3.63, 3.8) is 0 Å². The quantitative estimate of drug-likeness (QED) is 0.774. The lowest BCUT2D eigenvalue weighted by Crippen LogP contribution is -2.44. The molecule has 0 heterocycles. The van der Waals surface area contributed by atoms with Gasteiger partial charge >= 0.3 is 5.97 Å². The highest BCUT2D eigenvalue weighted by Crippen LogP contribution is 2.37. The second-order valence-corrected chi connectivity index (χ2v) is 6.32. The minimum Gasteiger partial charge on any atom is -0.478 e.